The summed E-state index contributed by atoms with van der Waals surface area (Å²) in [6, 6.07) is 22.7. The van der Waals surface area contributed by atoms with Crippen LogP contribution in [0.3, 0.4) is 0 Å². The number of nitrogens with one attached hydrogen (secondary N) is 2. The number of aromatic nitrogens is 1. The van der Waals surface area contributed by atoms with Crippen LogP contribution < -0.4 is 5.32 Å². The van der Waals surface area contributed by atoms with Crippen LogP contribution in [0, 0.1) is 11.8 Å². The van der Waals surface area contributed by atoms with Gasteiger partial charge in [-0.15, -0.1) is 0 Å². The fourth-order valence-corrected chi connectivity index (χ4v) is 8.13. The second-order valence-electron chi connectivity index (χ2n) is 13.2. The quantitative estimate of drug-likeness (QED) is 0.139. The molecule has 2 aliphatic rings. The molecule has 50 heavy (non-hydrogen) atoms. The predicted molar refractivity (Wildman–Crippen MR) is 188 cm³/mol. The summed E-state index contributed by atoms with van der Waals surface area (Å²) in [6.07, 6.45) is -0.390. The van der Waals surface area contributed by atoms with E-state index in [1.807, 2.05) is 74.5 Å². The molecule has 2 saturated heterocycles. The summed E-state index contributed by atoms with van der Waals surface area (Å²) in [6.45, 7) is 4.76. The Hall–Kier alpha value is -4.27. The van der Waals surface area contributed by atoms with Crippen molar-refractivity contribution in [2.24, 2.45) is 16.8 Å². The maximum absolute atomic E-state index is 14.3. The third kappa shape index (κ3) is 8.36. The summed E-state index contributed by atoms with van der Waals surface area (Å²) < 4.78 is 46.7. The lowest BCUT2D eigenvalue weighted by atomic mass is 10.0. The molecule has 5 atom stereocenters. The van der Waals surface area contributed by atoms with Gasteiger partial charge in [-0.1, -0.05) is 74.5 Å². The van der Waals surface area contributed by atoms with Gasteiger partial charge in [0.25, 0.3) is 0 Å². The van der Waals surface area contributed by atoms with Crippen molar-refractivity contribution in [2.45, 2.75) is 62.7 Å². The Kier molecular flexibility index (Phi) is 11.2. The molecule has 13 heteroatoms. The van der Waals surface area contributed by atoms with E-state index < -0.39 is 34.4 Å². The topological polar surface area (TPSA) is 163 Å². The molecule has 2 unspecified atom stereocenters. The zero-order chi connectivity index (χ0) is 35.3. The predicted octanol–water partition coefficient (Wildman–Crippen LogP) is 4.60. The average molecular weight is 705 g/mol. The molecule has 0 spiro atoms. The zero-order valence-corrected chi connectivity index (χ0v) is 29.0. The van der Waals surface area contributed by atoms with E-state index in [0.29, 0.717) is 29.6 Å². The van der Waals surface area contributed by atoms with Crippen molar-refractivity contribution in [3.63, 3.8) is 0 Å². The molecule has 12 nitrogen and oxygen atoms in total. The summed E-state index contributed by atoms with van der Waals surface area (Å²) in [5.41, 5.74) is 2.76. The number of aromatic amines is 1. The van der Waals surface area contributed by atoms with E-state index >= 15 is 0 Å². The van der Waals surface area contributed by atoms with Crippen LogP contribution in [0.1, 0.15) is 37.0 Å². The number of nitrogens with zero attached hydrogens (tertiary/aromatic N) is 2. The molecule has 266 valence electrons. The first-order chi connectivity index (χ1) is 24.1. The summed E-state index contributed by atoms with van der Waals surface area (Å²) in [5, 5.41) is 25.6. The van der Waals surface area contributed by atoms with Gasteiger partial charge in [0, 0.05) is 30.2 Å². The Morgan fingerprint density at radius 3 is 2.50 bits per heavy atom. The van der Waals surface area contributed by atoms with Crippen molar-refractivity contribution in [3.8, 4) is 5.88 Å². The summed E-state index contributed by atoms with van der Waals surface area (Å²) in [5.74, 6) is -0.255. The van der Waals surface area contributed by atoms with Crippen molar-refractivity contribution in [1.29, 1.82) is 0 Å². The molecular weight excluding hydrogens is 660 g/mol. The molecule has 0 aliphatic carbocycles. The minimum absolute atomic E-state index is 0.00360. The van der Waals surface area contributed by atoms with Crippen LogP contribution in [-0.4, -0.2) is 91.1 Å². The first kappa shape index (κ1) is 35.6. The number of benzene rings is 3. The van der Waals surface area contributed by atoms with E-state index in [2.05, 4.69) is 15.3 Å². The monoisotopic (exact) mass is 704 g/mol. The normalized spacial score (nSPS) is 20.5. The Morgan fingerprint density at radius 2 is 1.78 bits per heavy atom. The molecule has 0 saturated carbocycles. The fraction of sp³-hybridized carbons (Fsp3) is 0.405. The number of aliphatic hydroxyl groups is 1. The number of alkyl carbamates (subject to hydrolysis) is 1. The largest absolute Gasteiger partial charge is 0.494 e. The van der Waals surface area contributed by atoms with Crippen LogP contribution in [0.2, 0.25) is 0 Å². The van der Waals surface area contributed by atoms with E-state index in [1.165, 1.54) is 22.7 Å². The van der Waals surface area contributed by atoms with E-state index in [1.54, 1.807) is 6.07 Å². The Morgan fingerprint density at radius 1 is 1.06 bits per heavy atom. The van der Waals surface area contributed by atoms with E-state index in [4.69, 9.17) is 14.2 Å². The minimum Gasteiger partial charge on any atom is -0.494 e. The molecule has 0 bridgehead atoms. The van der Waals surface area contributed by atoms with Crippen LogP contribution in [0.4, 0.5) is 4.79 Å². The molecule has 3 heterocycles. The maximum atomic E-state index is 14.3. The number of aliphatic hydroxyl groups excluding tert-OH is 1. The van der Waals surface area contributed by atoms with Crippen LogP contribution in [0.15, 0.2) is 88.8 Å². The fourth-order valence-electron chi connectivity index (χ4n) is 6.48. The summed E-state index contributed by atoms with van der Waals surface area (Å²) in [7, 11) is -4.16. The number of ether oxygens (including phenoxy) is 3. The third-order valence-electron chi connectivity index (χ3n) is 9.03. The second-order valence-corrected chi connectivity index (χ2v) is 15.2. The smallest absolute Gasteiger partial charge is 0.407 e. The molecule has 2 fully saturated rings. The van der Waals surface area contributed by atoms with Gasteiger partial charge < -0.3 is 34.7 Å². The number of amides is 1. The number of H-pyrrole nitrogens is 1. The standard InChI is InChI=1S/C37H44N4O8S/c1-24(2)21-41(50(45,46)27-13-14-31-29(18-27)30(35(43)39-31)20-38-19-26-11-7-4-8-12-26)22-33(42)32(17-25-9-5-3-6-10-25)40-37(44)49-34-23-48-36-28(34)15-16-47-36/h3-14,18,20,24,28,32-34,36,39,42-43H,15-17,19,21-23H2,1-2H3,(H,40,44)/t28?,32-,33+,34-,36?/m0/s1. The van der Waals surface area contributed by atoms with Crippen LogP contribution in [-0.2, 0) is 37.2 Å². The van der Waals surface area contributed by atoms with Crippen molar-refractivity contribution in [1.82, 2.24) is 14.6 Å². The van der Waals surface area contributed by atoms with Crippen LogP contribution >= 0.6 is 0 Å². The highest BCUT2D eigenvalue weighted by Crippen LogP contribution is 2.33. The van der Waals surface area contributed by atoms with Crippen molar-refractivity contribution in [2.75, 3.05) is 26.3 Å². The number of aromatic hydroxyl groups is 1. The van der Waals surface area contributed by atoms with Crippen LogP contribution in [0.25, 0.3) is 10.9 Å². The Balaban J connectivity index is 1.22. The molecule has 4 N–H and O–H groups in total. The highest BCUT2D eigenvalue weighted by molar-refractivity contribution is 7.89. The number of rotatable bonds is 14. The number of hydrogen-bond acceptors (Lipinski definition) is 9. The third-order valence-corrected chi connectivity index (χ3v) is 10.9. The van der Waals surface area contributed by atoms with Crippen molar-refractivity contribution in [3.05, 3.63) is 95.6 Å². The number of carbonyl (C=O) groups is 1. The lowest BCUT2D eigenvalue weighted by molar-refractivity contribution is -0.0907. The van der Waals surface area contributed by atoms with Gasteiger partial charge in [-0.3, -0.25) is 4.99 Å². The van der Waals surface area contributed by atoms with Crippen molar-refractivity contribution < 1.29 is 37.6 Å². The highest BCUT2D eigenvalue weighted by Gasteiger charge is 2.44. The minimum atomic E-state index is -4.16. The summed E-state index contributed by atoms with van der Waals surface area (Å²) >= 11 is 0. The molecular formula is C37H44N4O8S. The molecule has 3 aromatic carbocycles. The second kappa shape index (κ2) is 15.7. The summed E-state index contributed by atoms with van der Waals surface area (Å²) in [4.78, 5) is 20.5. The van der Waals surface area contributed by atoms with Gasteiger partial charge >= 0.3 is 6.09 Å². The van der Waals surface area contributed by atoms with Gasteiger partial charge in [0.15, 0.2) is 12.2 Å². The number of hydrogen-bond donors (Lipinski definition) is 4. The van der Waals surface area contributed by atoms with Gasteiger partial charge in [0.2, 0.25) is 10.0 Å². The lowest BCUT2D eigenvalue weighted by Crippen LogP contribution is -2.51. The number of carbonyl (C=O) groups excluding carboxylic acids is 1. The Bertz CT molecular complexity index is 1880. The average Bonchev–Trinajstić information content (AvgIpc) is 3.80. The maximum Gasteiger partial charge on any atom is 0.407 e. The molecule has 2 aliphatic heterocycles. The number of fused-ring (bicyclic) bond motifs is 2. The molecule has 0 radical (unpaired) electrons. The van der Waals surface area contributed by atoms with E-state index in [-0.39, 0.29) is 55.0 Å². The van der Waals surface area contributed by atoms with E-state index in [0.717, 1.165) is 17.5 Å². The Labute approximate surface area is 292 Å². The SMILES string of the molecule is CC(C)CN(C[C@@H](O)[C@H](Cc1ccccc1)NC(=O)O[C@H]1COC2OCCC21)S(=O)(=O)c1ccc2[nH]c(O)c(C=NCc3ccccc3)c2c1. The number of aliphatic imine (C=N–C) groups is 1. The molecule has 6 rings (SSSR count). The molecule has 1 aromatic heterocycles. The van der Waals surface area contributed by atoms with Gasteiger partial charge in [0.05, 0.1) is 48.3 Å². The van der Waals surface area contributed by atoms with Gasteiger partial charge in [-0.25, -0.2) is 13.2 Å². The van der Waals surface area contributed by atoms with Gasteiger partial charge in [-0.05, 0) is 48.1 Å². The molecule has 1 amide bonds. The van der Waals surface area contributed by atoms with Crippen molar-refractivity contribution >= 4 is 33.2 Å². The van der Waals surface area contributed by atoms with Gasteiger partial charge in [0.1, 0.15) is 6.10 Å². The van der Waals surface area contributed by atoms with Gasteiger partial charge in [-0.2, -0.15) is 4.31 Å². The zero-order valence-electron chi connectivity index (χ0n) is 28.1. The first-order valence-corrected chi connectivity index (χ1v) is 18.3. The molecule has 4 aromatic rings. The lowest BCUT2D eigenvalue weighted by Gasteiger charge is -2.31. The first-order valence-electron chi connectivity index (χ1n) is 16.9. The van der Waals surface area contributed by atoms with E-state index in [9.17, 15) is 23.4 Å². The number of sulfonamides is 1. The highest BCUT2D eigenvalue weighted by atomic mass is 32.2. The van der Waals surface area contributed by atoms with Crippen LogP contribution in [0.5, 0.6) is 5.88 Å².